The second-order valence-electron chi connectivity index (χ2n) is 7.64. The van der Waals surface area contributed by atoms with Gasteiger partial charge in [0.1, 0.15) is 5.75 Å². The Balaban J connectivity index is 1.26. The van der Waals surface area contributed by atoms with Gasteiger partial charge in [-0.1, -0.05) is 48.5 Å². The number of rotatable bonds is 6. The van der Waals surface area contributed by atoms with Gasteiger partial charge in [0.15, 0.2) is 12.9 Å². The molecule has 0 unspecified atom stereocenters. The zero-order valence-corrected chi connectivity index (χ0v) is 16.2. The van der Waals surface area contributed by atoms with Gasteiger partial charge < -0.3 is 19.7 Å². The van der Waals surface area contributed by atoms with Gasteiger partial charge in [-0.2, -0.15) is 0 Å². The molecule has 2 heterocycles. The van der Waals surface area contributed by atoms with Crippen LogP contribution in [-0.2, 0) is 16.0 Å². The first-order chi connectivity index (χ1) is 13.8. The molecule has 1 saturated heterocycles. The van der Waals surface area contributed by atoms with Crippen molar-refractivity contribution < 1.29 is 14.3 Å². The highest BCUT2D eigenvalue weighted by atomic mass is 16.7. The van der Waals surface area contributed by atoms with Crippen LogP contribution in [0.15, 0.2) is 54.6 Å². The molecule has 2 aromatic rings. The van der Waals surface area contributed by atoms with Crippen molar-refractivity contribution in [2.45, 2.75) is 25.4 Å². The van der Waals surface area contributed by atoms with Crippen LogP contribution in [0.1, 0.15) is 30.1 Å². The molecule has 28 heavy (non-hydrogen) atoms. The molecule has 5 heteroatoms. The van der Waals surface area contributed by atoms with Crippen LogP contribution in [0.5, 0.6) is 5.75 Å². The summed E-state index contributed by atoms with van der Waals surface area (Å²) >= 11 is 0. The van der Waals surface area contributed by atoms with Gasteiger partial charge in [-0.15, -0.1) is 0 Å². The van der Waals surface area contributed by atoms with Crippen LogP contribution in [0.25, 0.3) is 0 Å². The first-order valence-corrected chi connectivity index (χ1v) is 10.2. The highest BCUT2D eigenvalue weighted by molar-refractivity contribution is 5.83. The molecule has 2 atom stereocenters. The van der Waals surface area contributed by atoms with Crippen molar-refractivity contribution in [3.8, 4) is 5.75 Å². The van der Waals surface area contributed by atoms with Crippen LogP contribution < -0.4 is 10.1 Å². The van der Waals surface area contributed by atoms with Gasteiger partial charge >= 0.3 is 0 Å². The number of hydrogen-bond donors (Lipinski definition) is 1. The summed E-state index contributed by atoms with van der Waals surface area (Å²) < 4.78 is 11.0. The molecule has 2 aliphatic heterocycles. The minimum Gasteiger partial charge on any atom is -0.467 e. The minimum absolute atomic E-state index is 0.0721. The zero-order valence-electron chi connectivity index (χ0n) is 16.2. The number of nitrogens with one attached hydrogen (secondary N) is 1. The molecule has 0 aromatic heterocycles. The fraction of sp³-hybridized carbons (Fsp3) is 0.435. The molecular weight excluding hydrogens is 352 g/mol. The molecule has 1 amide bonds. The third kappa shape index (κ3) is 4.72. The summed E-state index contributed by atoms with van der Waals surface area (Å²) in [6, 6.07) is 18.2. The molecule has 0 saturated carbocycles. The maximum Gasteiger partial charge on any atom is 0.254 e. The van der Waals surface area contributed by atoms with E-state index in [0.29, 0.717) is 12.5 Å². The number of benzene rings is 2. The molecule has 148 valence electrons. The predicted molar refractivity (Wildman–Crippen MR) is 108 cm³/mol. The summed E-state index contributed by atoms with van der Waals surface area (Å²) in [6.45, 7) is 4.08. The summed E-state index contributed by atoms with van der Waals surface area (Å²) in [5.74, 6) is 1.15. The number of ether oxygens (including phenoxy) is 2. The lowest BCUT2D eigenvalue weighted by molar-refractivity contribution is -0.142. The molecule has 1 fully saturated rings. The third-order valence-corrected chi connectivity index (χ3v) is 5.62. The van der Waals surface area contributed by atoms with E-state index in [1.807, 2.05) is 24.3 Å². The van der Waals surface area contributed by atoms with E-state index in [1.165, 1.54) is 12.0 Å². The Bertz CT molecular complexity index is 780. The lowest BCUT2D eigenvalue weighted by atomic mass is 9.97. The van der Waals surface area contributed by atoms with E-state index in [9.17, 15) is 4.79 Å². The molecule has 5 nitrogen and oxygen atoms in total. The van der Waals surface area contributed by atoms with Crippen LogP contribution in [0.2, 0.25) is 0 Å². The quantitative estimate of drug-likeness (QED) is 0.836. The van der Waals surface area contributed by atoms with Gasteiger partial charge in [-0.25, -0.2) is 0 Å². The van der Waals surface area contributed by atoms with E-state index in [-0.39, 0.29) is 12.7 Å². The lowest BCUT2D eigenvalue weighted by Gasteiger charge is -2.33. The number of piperidine rings is 1. The highest BCUT2D eigenvalue weighted by Gasteiger charge is 2.29. The van der Waals surface area contributed by atoms with Crippen molar-refractivity contribution >= 4 is 5.91 Å². The summed E-state index contributed by atoms with van der Waals surface area (Å²) in [5.41, 5.74) is 2.19. The largest absolute Gasteiger partial charge is 0.467 e. The number of nitrogens with zero attached hydrogens (tertiary/aromatic N) is 1. The molecule has 4 rings (SSSR count). The Kier molecular flexibility index (Phi) is 6.24. The van der Waals surface area contributed by atoms with Gasteiger partial charge in [0.2, 0.25) is 0 Å². The average Bonchev–Trinajstić information content (AvgIpc) is 2.77. The smallest absolute Gasteiger partial charge is 0.254 e. The summed E-state index contributed by atoms with van der Waals surface area (Å²) in [7, 11) is 0. The van der Waals surface area contributed by atoms with Crippen molar-refractivity contribution in [2.75, 3.05) is 33.0 Å². The summed E-state index contributed by atoms with van der Waals surface area (Å²) in [6.07, 6.45) is 2.84. The van der Waals surface area contributed by atoms with E-state index in [0.717, 1.165) is 43.8 Å². The van der Waals surface area contributed by atoms with E-state index >= 15 is 0 Å². The summed E-state index contributed by atoms with van der Waals surface area (Å²) in [4.78, 5) is 15.2. The van der Waals surface area contributed by atoms with Crippen molar-refractivity contribution in [2.24, 2.45) is 5.92 Å². The molecule has 2 aliphatic rings. The topological polar surface area (TPSA) is 50.8 Å². The van der Waals surface area contributed by atoms with E-state index in [2.05, 4.69) is 40.5 Å². The third-order valence-electron chi connectivity index (χ3n) is 5.62. The fourth-order valence-corrected chi connectivity index (χ4v) is 4.09. The van der Waals surface area contributed by atoms with Crippen LogP contribution in [-0.4, -0.2) is 43.8 Å². The average molecular weight is 380 g/mol. The Morgan fingerprint density at radius 2 is 1.93 bits per heavy atom. The number of likely N-dealkylation sites (tertiary alicyclic amines) is 1. The zero-order chi connectivity index (χ0) is 19.2. The van der Waals surface area contributed by atoms with E-state index < -0.39 is 6.10 Å². The molecule has 1 N–H and O–H groups in total. The molecule has 0 radical (unpaired) electrons. The normalized spacial score (nSPS) is 22.1. The SMILES string of the molecule is O=C(NC[C@@H]1CCCN(CCc2ccccc2)C1)[C@H]1OCOc2ccccc21. The van der Waals surface area contributed by atoms with Crippen LogP contribution >= 0.6 is 0 Å². The van der Waals surface area contributed by atoms with Gasteiger partial charge in [-0.05, 0) is 43.4 Å². The van der Waals surface area contributed by atoms with Gasteiger partial charge in [0.25, 0.3) is 5.91 Å². The Hall–Kier alpha value is -2.37. The number of amides is 1. The minimum atomic E-state index is -0.581. The Labute approximate surface area is 166 Å². The Morgan fingerprint density at radius 3 is 2.82 bits per heavy atom. The summed E-state index contributed by atoms with van der Waals surface area (Å²) in [5, 5.41) is 3.11. The number of fused-ring (bicyclic) bond motifs is 1. The monoisotopic (exact) mass is 380 g/mol. The van der Waals surface area contributed by atoms with Crippen LogP contribution in [0.3, 0.4) is 0 Å². The maximum absolute atomic E-state index is 12.7. The van der Waals surface area contributed by atoms with Crippen LogP contribution in [0, 0.1) is 5.92 Å². The van der Waals surface area contributed by atoms with E-state index in [4.69, 9.17) is 9.47 Å². The molecule has 0 bridgehead atoms. The van der Waals surface area contributed by atoms with E-state index in [1.54, 1.807) is 0 Å². The lowest BCUT2D eigenvalue weighted by Crippen LogP contribution is -2.43. The molecular formula is C23H28N2O3. The number of carbonyl (C=O) groups excluding carboxylic acids is 1. The van der Waals surface area contributed by atoms with Crippen molar-refractivity contribution in [1.82, 2.24) is 10.2 Å². The van der Waals surface area contributed by atoms with Gasteiger partial charge in [0, 0.05) is 25.2 Å². The predicted octanol–water partition coefficient (Wildman–Crippen LogP) is 3.17. The maximum atomic E-state index is 12.7. The number of carbonyl (C=O) groups is 1. The van der Waals surface area contributed by atoms with Gasteiger partial charge in [-0.3, -0.25) is 4.79 Å². The molecule has 0 spiro atoms. The molecule has 0 aliphatic carbocycles. The van der Waals surface area contributed by atoms with Crippen molar-refractivity contribution in [3.05, 3.63) is 65.7 Å². The number of para-hydroxylation sites is 1. The second-order valence-corrected chi connectivity index (χ2v) is 7.64. The first kappa shape index (κ1) is 19.0. The first-order valence-electron chi connectivity index (χ1n) is 10.2. The number of hydrogen-bond acceptors (Lipinski definition) is 4. The second kappa shape index (κ2) is 9.22. The van der Waals surface area contributed by atoms with Crippen molar-refractivity contribution in [1.29, 1.82) is 0 Å². The van der Waals surface area contributed by atoms with Crippen LogP contribution in [0.4, 0.5) is 0 Å². The highest BCUT2D eigenvalue weighted by Crippen LogP contribution is 2.31. The standard InChI is InChI=1S/C23H28N2O3/c26-23(22-20-10-4-5-11-21(20)27-17-28-22)24-15-19-9-6-13-25(16-19)14-12-18-7-2-1-3-8-18/h1-5,7-8,10-11,19,22H,6,9,12-17H2,(H,24,26)/t19-,22-/m0/s1. The molecule has 2 aromatic carbocycles. The van der Waals surface area contributed by atoms with Crippen molar-refractivity contribution in [3.63, 3.8) is 0 Å². The Morgan fingerprint density at radius 1 is 1.11 bits per heavy atom. The van der Waals surface area contributed by atoms with Gasteiger partial charge in [0.05, 0.1) is 0 Å². The fourth-order valence-electron chi connectivity index (χ4n) is 4.09.